The molecule has 1 aromatic heterocycles. The number of nitrogen functional groups attached to an aromatic ring is 1. The molecule has 4 N–H and O–H groups in total. The summed E-state index contributed by atoms with van der Waals surface area (Å²) < 4.78 is 8.34. The molecule has 1 heterocycles. The minimum atomic E-state index is -0.940. The SMILES string of the molecule is C=II.CC=O.O.[Ac].[B]C(=O)C#N.[B]c1oc(C)nc1N. The quantitative estimate of drug-likeness (QED) is 0.168. The van der Waals surface area contributed by atoms with Gasteiger partial charge < -0.3 is 20.4 Å². The van der Waals surface area contributed by atoms with Gasteiger partial charge in [-0.15, -0.1) is 0 Å². The van der Waals surface area contributed by atoms with Gasteiger partial charge in [0, 0.05) is 51.0 Å². The molecule has 0 aliphatic carbocycles. The summed E-state index contributed by atoms with van der Waals surface area (Å²) in [5.41, 5.74) is 4.47. The molecule has 0 aromatic carbocycles. The first-order valence-corrected chi connectivity index (χ1v) is 12.2. The molecule has 0 aliphatic heterocycles. The van der Waals surface area contributed by atoms with Crippen LogP contribution in [0.1, 0.15) is 12.8 Å². The monoisotopic (exact) mass is 730 g/mol. The molecular weight excluding hydrogens is 717 g/mol. The Morgan fingerprint density at radius 2 is 1.95 bits per heavy atom. The van der Waals surface area contributed by atoms with Crippen LogP contribution >= 0.6 is 35.4 Å². The van der Waals surface area contributed by atoms with Crippen molar-refractivity contribution < 1.29 is 63.5 Å². The van der Waals surface area contributed by atoms with Crippen molar-refractivity contribution in [3.8, 4) is 6.07 Å². The summed E-state index contributed by atoms with van der Waals surface area (Å²) in [5.74, 6) is 0.766. The van der Waals surface area contributed by atoms with Crippen LogP contribution < -0.4 is 11.4 Å². The number of anilines is 1. The van der Waals surface area contributed by atoms with Gasteiger partial charge in [-0.05, 0) is 25.5 Å². The summed E-state index contributed by atoms with van der Waals surface area (Å²) in [5, 5.41) is 7.42. The number of aldehydes is 1. The molecule has 0 unspecified atom stereocenters. The largest absolute Gasteiger partial charge is 0.456 e. The number of aromatic nitrogens is 1. The van der Waals surface area contributed by atoms with E-state index in [0.717, 1.165) is 6.29 Å². The van der Waals surface area contributed by atoms with Gasteiger partial charge >= 0.3 is 0 Å². The summed E-state index contributed by atoms with van der Waals surface area (Å²) in [7, 11) is 9.48. The Hall–Kier alpha value is 0.701. The van der Waals surface area contributed by atoms with Gasteiger partial charge in [-0.3, -0.25) is 4.79 Å². The Labute approximate surface area is 181 Å². The molecule has 7 nitrogen and oxygen atoms in total. The molecule has 0 aliphatic rings. The van der Waals surface area contributed by atoms with Crippen molar-refractivity contribution in [2.75, 3.05) is 5.73 Å². The summed E-state index contributed by atoms with van der Waals surface area (Å²) in [6, 6.07) is 1.17. The van der Waals surface area contributed by atoms with Crippen molar-refractivity contribution in [1.82, 2.24) is 4.98 Å². The van der Waals surface area contributed by atoms with Crippen molar-refractivity contribution in [2.45, 2.75) is 13.8 Å². The number of hydrogen-bond donors (Lipinski definition) is 1. The fraction of sp³-hybridized carbons (Fsp3) is 0.222. The summed E-state index contributed by atoms with van der Waals surface area (Å²) in [4.78, 5) is 21.7. The smallest absolute Gasteiger partial charge is 0.191 e. The summed E-state index contributed by atoms with van der Waals surface area (Å²) in [6.45, 7) is 3.13. The van der Waals surface area contributed by atoms with E-state index < -0.39 is 5.68 Å². The number of halogens is 2. The van der Waals surface area contributed by atoms with Crippen LogP contribution in [0, 0.1) is 62.3 Å². The number of carbonyl (C=O) groups is 2. The van der Waals surface area contributed by atoms with E-state index >= 15 is 0 Å². The molecular formula is C9H13AcB2I2N3O4. The van der Waals surface area contributed by atoms with Crippen molar-refractivity contribution in [3.05, 3.63) is 5.89 Å². The number of rotatable bonds is 0. The second kappa shape index (κ2) is 25.6. The van der Waals surface area contributed by atoms with E-state index in [9.17, 15) is 4.79 Å². The van der Waals surface area contributed by atoms with Gasteiger partial charge in [-0.25, -0.2) is 0 Å². The second-order valence-corrected chi connectivity index (χ2v) is 6.74. The molecule has 0 spiro atoms. The minimum absolute atomic E-state index is 0. The maximum atomic E-state index is 9.23. The zero-order chi connectivity index (χ0) is 15.8. The average Bonchev–Trinajstić information content (AvgIpc) is 2.59. The number of aryl methyl sites for hydroxylation is 1. The van der Waals surface area contributed by atoms with Crippen molar-refractivity contribution in [3.63, 3.8) is 0 Å². The van der Waals surface area contributed by atoms with Gasteiger partial charge in [-0.2, -0.15) is 10.2 Å². The minimum Gasteiger partial charge on any atom is -0.456 e. The Bertz CT molecular complexity index is 416. The number of nitrogens with two attached hydrogens (primary N) is 1. The van der Waals surface area contributed by atoms with Gasteiger partial charge in [-0.1, -0.05) is 21.3 Å². The Morgan fingerprint density at radius 1 is 1.67 bits per heavy atom. The van der Waals surface area contributed by atoms with E-state index in [2.05, 4.69) is 36.0 Å². The molecule has 0 atom stereocenters. The van der Waals surface area contributed by atoms with Crippen LogP contribution in [0.4, 0.5) is 5.82 Å². The number of carbonyl (C=O) groups excluding carboxylic acids is 2. The van der Waals surface area contributed by atoms with E-state index in [4.69, 9.17) is 28.1 Å². The Kier molecular flexibility index (Phi) is 40.7. The Balaban J connectivity index is -0.0000000580. The summed E-state index contributed by atoms with van der Waals surface area (Å²) >= 11 is 2.60. The van der Waals surface area contributed by atoms with E-state index in [1.54, 1.807) is 6.92 Å². The second-order valence-electron chi connectivity index (χ2n) is 2.30. The number of nitrogens with zero attached hydrogens (tertiary/aromatic N) is 2. The van der Waals surface area contributed by atoms with Crippen LogP contribution in [0.2, 0.25) is 0 Å². The predicted octanol–water partition coefficient (Wildman–Crippen LogP) is -0.316. The van der Waals surface area contributed by atoms with Crippen LogP contribution in [-0.4, -0.2) is 42.6 Å². The van der Waals surface area contributed by atoms with Crippen LogP contribution in [0.3, 0.4) is 0 Å². The molecule has 0 bridgehead atoms. The fourth-order valence-corrected chi connectivity index (χ4v) is 0.459. The third-order valence-corrected chi connectivity index (χ3v) is 0.898. The first kappa shape index (κ1) is 33.3. The fourth-order valence-electron chi connectivity index (χ4n) is 0.459. The average molecular weight is 730 g/mol. The molecule has 0 saturated heterocycles. The topological polar surface area (TPSA) is 141 Å². The van der Waals surface area contributed by atoms with Crippen molar-refractivity contribution in [2.24, 2.45) is 0 Å². The molecule has 5 radical (unpaired) electrons. The number of oxazole rings is 1. The zero-order valence-corrected chi connectivity index (χ0v) is 20.5. The van der Waals surface area contributed by atoms with Crippen LogP contribution in [-0.2, 0) is 9.59 Å². The van der Waals surface area contributed by atoms with Crippen LogP contribution in [0.15, 0.2) is 4.42 Å². The van der Waals surface area contributed by atoms with E-state index in [-0.39, 0.29) is 61.0 Å². The van der Waals surface area contributed by atoms with E-state index in [0.29, 0.717) is 22.6 Å². The third kappa shape index (κ3) is 33.5. The standard InChI is InChI=1S/C4H5BN2O.C2BNO.C2H4O.CH2I2.Ac.H2O/c1-2-7-4(6)3(5)8-2;3-2(5)1-4;1-2-3;1-3-2;;/h6H2,1H3;;2H,1H3;1H2;;1H2. The maximum absolute atomic E-state index is 9.23. The molecule has 111 valence electrons. The van der Waals surface area contributed by atoms with Crippen LogP contribution in [0.5, 0.6) is 0 Å². The molecule has 21 heavy (non-hydrogen) atoms. The number of hydrogen-bond acceptors (Lipinski definition) is 6. The van der Waals surface area contributed by atoms with Crippen molar-refractivity contribution in [1.29, 1.82) is 5.26 Å². The van der Waals surface area contributed by atoms with Gasteiger partial charge in [0.15, 0.2) is 33.1 Å². The summed E-state index contributed by atoms with van der Waals surface area (Å²) in [6.07, 6.45) is 0.750. The zero-order valence-electron chi connectivity index (χ0n) is 11.5. The molecule has 0 saturated carbocycles. The molecule has 0 amide bonds. The van der Waals surface area contributed by atoms with Crippen LogP contribution in [0.25, 0.3) is 0 Å². The number of nitriles is 1. The molecule has 1 rings (SSSR count). The van der Waals surface area contributed by atoms with Gasteiger partial charge in [0.2, 0.25) is 0 Å². The van der Waals surface area contributed by atoms with Gasteiger partial charge in [0.1, 0.15) is 12.4 Å². The normalized spacial score (nSPS) is 6.38. The van der Waals surface area contributed by atoms with Crippen molar-refractivity contribution >= 4 is 79.0 Å². The molecule has 0 fully saturated rings. The van der Waals surface area contributed by atoms with Gasteiger partial charge in [0.25, 0.3) is 0 Å². The first-order chi connectivity index (χ1) is 8.80. The maximum Gasteiger partial charge on any atom is 0.191 e. The van der Waals surface area contributed by atoms with E-state index in [1.165, 1.54) is 13.0 Å². The molecule has 1 aromatic rings. The third-order valence-electron chi connectivity index (χ3n) is 0.898. The molecule has 12 heteroatoms. The first-order valence-electron chi connectivity index (χ1n) is 4.37. The van der Waals surface area contributed by atoms with E-state index in [1.807, 2.05) is 0 Å². The predicted molar refractivity (Wildman–Crippen MR) is 97.9 cm³/mol. The van der Waals surface area contributed by atoms with Gasteiger partial charge in [0.05, 0.1) is 5.66 Å². The Morgan fingerprint density at radius 3 is 2.00 bits per heavy atom.